The Morgan fingerprint density at radius 3 is 2.59 bits per heavy atom. The van der Waals surface area contributed by atoms with E-state index in [2.05, 4.69) is 10.3 Å². The van der Waals surface area contributed by atoms with Crippen molar-refractivity contribution < 1.29 is 19.4 Å². The van der Waals surface area contributed by atoms with Crippen molar-refractivity contribution in [2.24, 2.45) is 17.3 Å². The molecule has 5 atom stereocenters. The topological polar surface area (TPSA) is 88.5 Å². The maximum absolute atomic E-state index is 13.1. The molecular formula is C23H24Cl2N2O4S. The van der Waals surface area contributed by atoms with Gasteiger partial charge in [-0.05, 0) is 69.4 Å². The molecule has 4 aliphatic rings. The zero-order chi connectivity index (χ0) is 22.7. The summed E-state index contributed by atoms with van der Waals surface area (Å²) in [4.78, 5) is 30.2. The fraction of sp³-hybridized carbons (Fsp3) is 0.522. The average molecular weight is 495 g/mol. The van der Waals surface area contributed by atoms with Gasteiger partial charge in [0.05, 0.1) is 26.8 Å². The number of anilines is 1. The Kier molecular flexibility index (Phi) is 5.52. The Hall–Kier alpha value is -1.67. The number of aliphatic hydroxyl groups is 1. The maximum atomic E-state index is 13.1. The number of halogens is 2. The summed E-state index contributed by atoms with van der Waals surface area (Å²) in [7, 11) is 0. The van der Waals surface area contributed by atoms with Gasteiger partial charge in [0.25, 0.3) is 5.91 Å². The van der Waals surface area contributed by atoms with E-state index in [1.807, 2.05) is 5.38 Å². The van der Waals surface area contributed by atoms with E-state index in [1.165, 1.54) is 11.3 Å². The van der Waals surface area contributed by atoms with Crippen molar-refractivity contribution in [1.82, 2.24) is 4.98 Å². The minimum atomic E-state index is -0.956. The van der Waals surface area contributed by atoms with Crippen LogP contribution in [-0.4, -0.2) is 33.7 Å². The molecule has 0 saturated heterocycles. The van der Waals surface area contributed by atoms with Crippen LogP contribution in [0.15, 0.2) is 23.6 Å². The van der Waals surface area contributed by atoms with Crippen molar-refractivity contribution in [3.05, 3.63) is 33.6 Å². The average Bonchev–Trinajstić information content (AvgIpc) is 3.16. The van der Waals surface area contributed by atoms with Crippen molar-refractivity contribution in [1.29, 1.82) is 0 Å². The van der Waals surface area contributed by atoms with Crippen molar-refractivity contribution >= 4 is 51.5 Å². The van der Waals surface area contributed by atoms with E-state index in [4.69, 9.17) is 27.9 Å². The van der Waals surface area contributed by atoms with Gasteiger partial charge in [-0.2, -0.15) is 0 Å². The van der Waals surface area contributed by atoms with Crippen LogP contribution in [0.2, 0.25) is 10.0 Å². The molecule has 32 heavy (non-hydrogen) atoms. The summed E-state index contributed by atoms with van der Waals surface area (Å²) in [6, 6.07) is 5.21. The molecule has 9 heteroatoms. The lowest BCUT2D eigenvalue weighted by atomic mass is 9.48. The molecule has 0 aliphatic heterocycles. The van der Waals surface area contributed by atoms with Gasteiger partial charge < -0.3 is 9.84 Å². The molecule has 4 aliphatic carbocycles. The summed E-state index contributed by atoms with van der Waals surface area (Å²) in [5.41, 5.74) is 0.0390. The van der Waals surface area contributed by atoms with Gasteiger partial charge >= 0.3 is 5.97 Å². The highest BCUT2D eigenvalue weighted by atomic mass is 35.5. The number of aromatic nitrogens is 1. The molecule has 1 amide bonds. The van der Waals surface area contributed by atoms with E-state index in [-0.39, 0.29) is 5.97 Å². The van der Waals surface area contributed by atoms with Gasteiger partial charge in [-0.15, -0.1) is 11.3 Å². The second-order valence-corrected chi connectivity index (χ2v) is 11.3. The first-order chi connectivity index (χ1) is 15.1. The van der Waals surface area contributed by atoms with Crippen LogP contribution in [0, 0.1) is 17.3 Å². The first-order valence-electron chi connectivity index (χ1n) is 10.8. The summed E-state index contributed by atoms with van der Waals surface area (Å²) in [5, 5.41) is 16.7. The van der Waals surface area contributed by atoms with Crippen molar-refractivity contribution in [3.63, 3.8) is 0 Å². The number of ether oxygens (including phenoxy) is 1. The normalized spacial score (nSPS) is 31.4. The summed E-state index contributed by atoms with van der Waals surface area (Å²) in [6.07, 6.45) is 3.62. The fourth-order valence-corrected chi connectivity index (χ4v) is 7.14. The third-order valence-corrected chi connectivity index (χ3v) is 8.56. The first kappa shape index (κ1) is 22.1. The first-order valence-corrected chi connectivity index (χ1v) is 12.4. The van der Waals surface area contributed by atoms with Gasteiger partial charge in [0, 0.05) is 10.9 Å². The lowest BCUT2D eigenvalue weighted by molar-refractivity contribution is -0.199. The van der Waals surface area contributed by atoms with Crippen LogP contribution >= 0.6 is 34.5 Å². The number of nitrogens with one attached hydrogen (secondary N) is 1. The Morgan fingerprint density at radius 1 is 1.22 bits per heavy atom. The molecule has 1 aromatic heterocycles. The maximum Gasteiger partial charge on any atom is 0.312 e. The quantitative estimate of drug-likeness (QED) is 0.549. The number of hydrogen-bond donors (Lipinski definition) is 2. The number of hydrogen-bond acceptors (Lipinski definition) is 6. The van der Waals surface area contributed by atoms with Gasteiger partial charge in [-0.1, -0.05) is 29.3 Å². The molecular weight excluding hydrogens is 471 g/mol. The predicted octanol–water partition coefficient (Wildman–Crippen LogP) is 5.32. The lowest BCUT2D eigenvalue weighted by Crippen LogP contribution is -2.59. The highest BCUT2D eigenvalue weighted by molar-refractivity contribution is 7.14. The van der Waals surface area contributed by atoms with Gasteiger partial charge in [0.2, 0.25) is 0 Å². The van der Waals surface area contributed by atoms with Gasteiger partial charge in [0.1, 0.15) is 0 Å². The molecule has 0 radical (unpaired) electrons. The molecule has 1 aromatic carbocycles. The van der Waals surface area contributed by atoms with Crippen LogP contribution in [0.3, 0.4) is 0 Å². The van der Waals surface area contributed by atoms with E-state index in [0.717, 1.165) is 37.7 Å². The summed E-state index contributed by atoms with van der Waals surface area (Å²) < 4.78 is 5.62. The van der Waals surface area contributed by atoms with Crippen LogP contribution in [0.1, 0.15) is 45.4 Å². The number of esters is 1. The number of nitrogens with zero attached hydrogens (tertiary/aromatic N) is 1. The smallest absolute Gasteiger partial charge is 0.312 e. The summed E-state index contributed by atoms with van der Waals surface area (Å²) in [6.45, 7) is 1.57. The van der Waals surface area contributed by atoms with E-state index in [9.17, 15) is 14.7 Å². The van der Waals surface area contributed by atoms with E-state index >= 15 is 0 Å². The third kappa shape index (κ3) is 4.04. The molecule has 4 fully saturated rings. The molecule has 4 saturated carbocycles. The Labute approximate surface area is 200 Å². The monoisotopic (exact) mass is 494 g/mol. The van der Waals surface area contributed by atoms with Gasteiger partial charge in [0.15, 0.2) is 11.2 Å². The third-order valence-electron chi connectivity index (χ3n) is 7.07. The highest BCUT2D eigenvalue weighted by Gasteiger charge is 2.61. The van der Waals surface area contributed by atoms with Crippen LogP contribution in [-0.2, 0) is 14.3 Å². The van der Waals surface area contributed by atoms with Crippen LogP contribution in [0.25, 0.3) is 11.3 Å². The van der Waals surface area contributed by atoms with Crippen LogP contribution < -0.4 is 5.32 Å². The number of rotatable bonds is 5. The number of benzene rings is 1. The molecule has 6 rings (SSSR count). The zero-order valence-electron chi connectivity index (χ0n) is 17.6. The lowest BCUT2D eigenvalue weighted by Gasteiger charge is -2.58. The zero-order valence-corrected chi connectivity index (χ0v) is 19.9. The summed E-state index contributed by atoms with van der Waals surface area (Å²) >= 11 is 13.3. The second kappa shape index (κ2) is 7.97. The van der Waals surface area contributed by atoms with Crippen molar-refractivity contribution in [3.8, 4) is 11.3 Å². The summed E-state index contributed by atoms with van der Waals surface area (Å²) in [5.74, 6) is -0.0544. The predicted molar refractivity (Wildman–Crippen MR) is 124 cm³/mol. The minimum Gasteiger partial charge on any atom is -0.452 e. The molecule has 6 nitrogen and oxygen atoms in total. The van der Waals surface area contributed by atoms with E-state index < -0.39 is 23.0 Å². The number of carbonyl (C=O) groups excluding carboxylic acids is 2. The molecule has 0 spiro atoms. The van der Waals surface area contributed by atoms with Crippen LogP contribution in [0.4, 0.5) is 5.13 Å². The number of amides is 1. The van der Waals surface area contributed by atoms with Crippen molar-refractivity contribution in [2.45, 2.75) is 57.2 Å². The molecule has 2 N–H and O–H groups in total. The SMILES string of the molecule is C[C@@H](OC(=O)C12C[C@@H]3C[C@@H](CC(O)(C3)C1)C2)C(=O)Nc1nc(-c2ccc(Cl)c(Cl)c2)cs1. The second-order valence-electron chi connectivity index (χ2n) is 9.67. The number of thiazole rings is 1. The van der Waals surface area contributed by atoms with Gasteiger partial charge in [-0.3, -0.25) is 14.9 Å². The Balaban J connectivity index is 1.23. The highest BCUT2D eigenvalue weighted by Crippen LogP contribution is 2.62. The molecule has 2 aromatic rings. The number of carbonyl (C=O) groups is 2. The standard InChI is InChI=1S/C23H24Cl2N2O4S/c1-12(31-20(29)22-6-13-4-14(7-22)9-23(30,8-13)11-22)19(28)27-21-26-18(10-32-21)15-2-3-16(24)17(25)5-15/h2-3,5,10,12-14,30H,4,6-9,11H2,1H3,(H,26,27,28)/t12-,13-,14+,22?,23?/m1/s1. The molecule has 4 bridgehead atoms. The largest absolute Gasteiger partial charge is 0.452 e. The van der Waals surface area contributed by atoms with Crippen molar-refractivity contribution in [2.75, 3.05) is 5.32 Å². The molecule has 1 heterocycles. The fourth-order valence-electron chi connectivity index (χ4n) is 6.12. The minimum absolute atomic E-state index is 0.358. The van der Waals surface area contributed by atoms with Gasteiger partial charge in [-0.25, -0.2) is 4.98 Å². The molecule has 170 valence electrons. The van der Waals surface area contributed by atoms with Crippen LogP contribution in [0.5, 0.6) is 0 Å². The molecule has 2 unspecified atom stereocenters. The van der Waals surface area contributed by atoms with E-state index in [1.54, 1.807) is 25.1 Å². The Morgan fingerprint density at radius 2 is 1.94 bits per heavy atom. The van der Waals surface area contributed by atoms with E-state index in [0.29, 0.717) is 39.1 Å². The Bertz CT molecular complexity index is 1070.